The SMILES string of the molecule is Cc1cc(C=O)cc(I)c1C(=O)Cl. The molecule has 1 aromatic rings. The van der Waals surface area contributed by atoms with Gasteiger partial charge < -0.3 is 0 Å². The summed E-state index contributed by atoms with van der Waals surface area (Å²) in [6.45, 7) is 1.75. The Balaban J connectivity index is 3.39. The van der Waals surface area contributed by atoms with Gasteiger partial charge in [0.2, 0.25) is 0 Å². The number of halogens is 2. The van der Waals surface area contributed by atoms with Crippen LogP contribution < -0.4 is 0 Å². The third kappa shape index (κ3) is 2.28. The van der Waals surface area contributed by atoms with Crippen molar-refractivity contribution in [3.05, 3.63) is 32.4 Å². The molecule has 0 saturated carbocycles. The smallest absolute Gasteiger partial charge is 0.253 e. The maximum absolute atomic E-state index is 11.0. The normalized spacial score (nSPS) is 9.77. The Bertz CT molecular complexity index is 351. The summed E-state index contributed by atoms with van der Waals surface area (Å²) in [6.07, 6.45) is 0.748. The summed E-state index contributed by atoms with van der Waals surface area (Å²) in [5.74, 6) is 0. The highest BCUT2D eigenvalue weighted by Gasteiger charge is 2.11. The third-order valence-electron chi connectivity index (χ3n) is 1.64. The highest BCUT2D eigenvalue weighted by atomic mass is 127. The first kappa shape index (κ1) is 10.7. The molecule has 68 valence electrons. The van der Waals surface area contributed by atoms with Gasteiger partial charge in [0.15, 0.2) is 0 Å². The van der Waals surface area contributed by atoms with Crippen LogP contribution in [0.3, 0.4) is 0 Å². The topological polar surface area (TPSA) is 34.1 Å². The molecule has 0 aromatic heterocycles. The van der Waals surface area contributed by atoms with Crippen LogP contribution in [0.4, 0.5) is 0 Å². The second kappa shape index (κ2) is 4.19. The Hall–Kier alpha value is -0.420. The maximum atomic E-state index is 11.0. The monoisotopic (exact) mass is 308 g/mol. The van der Waals surface area contributed by atoms with Crippen molar-refractivity contribution in [3.63, 3.8) is 0 Å². The van der Waals surface area contributed by atoms with Crippen molar-refractivity contribution in [3.8, 4) is 0 Å². The van der Waals surface area contributed by atoms with Crippen molar-refractivity contribution in [2.45, 2.75) is 6.92 Å². The van der Waals surface area contributed by atoms with Gasteiger partial charge in [-0.25, -0.2) is 0 Å². The molecule has 0 aliphatic heterocycles. The van der Waals surface area contributed by atoms with Gasteiger partial charge in [-0.05, 0) is 58.8 Å². The Morgan fingerprint density at radius 2 is 2.15 bits per heavy atom. The first-order valence-electron chi connectivity index (χ1n) is 3.51. The minimum absolute atomic E-state index is 0.480. The Kier molecular flexibility index (Phi) is 3.44. The molecule has 0 amide bonds. The molecule has 13 heavy (non-hydrogen) atoms. The Morgan fingerprint density at radius 3 is 2.54 bits per heavy atom. The number of hydrogen-bond acceptors (Lipinski definition) is 2. The molecule has 1 rings (SSSR count). The van der Waals surface area contributed by atoms with E-state index >= 15 is 0 Å². The van der Waals surface area contributed by atoms with E-state index in [0.717, 1.165) is 11.8 Å². The van der Waals surface area contributed by atoms with Gasteiger partial charge in [-0.3, -0.25) is 9.59 Å². The quantitative estimate of drug-likeness (QED) is 0.478. The van der Waals surface area contributed by atoms with Gasteiger partial charge in [0.05, 0.1) is 5.56 Å². The third-order valence-corrected chi connectivity index (χ3v) is 2.68. The molecule has 4 heteroatoms. The van der Waals surface area contributed by atoms with Gasteiger partial charge in [0, 0.05) is 9.13 Å². The summed E-state index contributed by atoms with van der Waals surface area (Å²) in [5, 5.41) is -0.487. The van der Waals surface area contributed by atoms with E-state index in [4.69, 9.17) is 11.6 Å². The first-order chi connectivity index (χ1) is 6.06. The van der Waals surface area contributed by atoms with Gasteiger partial charge in [0.25, 0.3) is 5.24 Å². The minimum atomic E-state index is -0.487. The number of benzene rings is 1. The van der Waals surface area contributed by atoms with E-state index in [1.54, 1.807) is 19.1 Å². The van der Waals surface area contributed by atoms with Gasteiger partial charge in [-0.1, -0.05) is 0 Å². The molecule has 0 aliphatic carbocycles. The molecular formula is C9H6ClIO2. The predicted octanol–water partition coefficient (Wildman–Crippen LogP) is 2.79. The van der Waals surface area contributed by atoms with Crippen molar-refractivity contribution in [1.29, 1.82) is 0 Å². The highest BCUT2D eigenvalue weighted by Crippen LogP contribution is 2.20. The van der Waals surface area contributed by atoms with Crippen LogP contribution in [0.15, 0.2) is 12.1 Å². The molecule has 0 saturated heterocycles. The molecule has 0 bridgehead atoms. The zero-order valence-electron chi connectivity index (χ0n) is 6.80. The summed E-state index contributed by atoms with van der Waals surface area (Å²) >= 11 is 7.36. The van der Waals surface area contributed by atoms with E-state index in [1.807, 2.05) is 22.6 Å². The summed E-state index contributed by atoms with van der Waals surface area (Å²) in [4.78, 5) is 21.4. The lowest BCUT2D eigenvalue weighted by Crippen LogP contribution is -1.99. The van der Waals surface area contributed by atoms with Gasteiger partial charge >= 0.3 is 0 Å². The van der Waals surface area contributed by atoms with Crippen LogP contribution in [-0.2, 0) is 0 Å². The number of carbonyl (C=O) groups is 2. The van der Waals surface area contributed by atoms with Crippen LogP contribution in [0.1, 0.15) is 26.3 Å². The van der Waals surface area contributed by atoms with Crippen molar-refractivity contribution < 1.29 is 9.59 Å². The number of hydrogen-bond donors (Lipinski definition) is 0. The molecular weight excluding hydrogens is 302 g/mol. The second-order valence-electron chi connectivity index (χ2n) is 2.59. The molecule has 0 spiro atoms. The van der Waals surface area contributed by atoms with Crippen LogP contribution in [0.5, 0.6) is 0 Å². The van der Waals surface area contributed by atoms with Gasteiger partial charge in [-0.15, -0.1) is 0 Å². The van der Waals surface area contributed by atoms with E-state index in [-0.39, 0.29) is 0 Å². The average Bonchev–Trinajstić information content (AvgIpc) is 2.02. The van der Waals surface area contributed by atoms with Crippen LogP contribution in [0, 0.1) is 10.5 Å². The summed E-state index contributed by atoms with van der Waals surface area (Å²) in [6, 6.07) is 3.28. The molecule has 0 heterocycles. The van der Waals surface area contributed by atoms with Crippen LogP contribution in [-0.4, -0.2) is 11.5 Å². The molecule has 0 fully saturated rings. The molecule has 0 aliphatic rings. The largest absolute Gasteiger partial charge is 0.298 e. The molecule has 0 atom stereocenters. The van der Waals surface area contributed by atoms with Crippen molar-refractivity contribution in [1.82, 2.24) is 0 Å². The average molecular weight is 309 g/mol. The van der Waals surface area contributed by atoms with Crippen molar-refractivity contribution in [2.24, 2.45) is 0 Å². The van der Waals surface area contributed by atoms with E-state index in [1.165, 1.54) is 0 Å². The molecule has 2 nitrogen and oxygen atoms in total. The first-order valence-corrected chi connectivity index (χ1v) is 4.97. The van der Waals surface area contributed by atoms with Crippen LogP contribution >= 0.6 is 34.2 Å². The number of rotatable bonds is 2. The lowest BCUT2D eigenvalue weighted by Gasteiger charge is -2.04. The Labute approximate surface area is 94.4 Å². The fraction of sp³-hybridized carbons (Fsp3) is 0.111. The summed E-state index contributed by atoms with van der Waals surface area (Å²) < 4.78 is 0.708. The molecule has 1 aromatic carbocycles. The highest BCUT2D eigenvalue weighted by molar-refractivity contribution is 14.1. The van der Waals surface area contributed by atoms with Crippen molar-refractivity contribution >= 4 is 45.7 Å². The Morgan fingerprint density at radius 1 is 1.54 bits per heavy atom. The number of aldehydes is 1. The summed E-state index contributed by atoms with van der Waals surface area (Å²) in [7, 11) is 0. The lowest BCUT2D eigenvalue weighted by molar-refractivity contribution is 0.107. The van der Waals surface area contributed by atoms with E-state index in [2.05, 4.69) is 0 Å². The standard InChI is InChI=1S/C9H6ClIO2/c1-5-2-6(4-12)3-7(11)8(5)9(10)13/h2-4H,1H3. The lowest BCUT2D eigenvalue weighted by atomic mass is 10.1. The second-order valence-corrected chi connectivity index (χ2v) is 4.09. The van der Waals surface area contributed by atoms with E-state index in [9.17, 15) is 9.59 Å². The van der Waals surface area contributed by atoms with E-state index < -0.39 is 5.24 Å². The van der Waals surface area contributed by atoms with Gasteiger partial charge in [-0.2, -0.15) is 0 Å². The van der Waals surface area contributed by atoms with Crippen LogP contribution in [0.25, 0.3) is 0 Å². The number of aryl methyl sites for hydroxylation is 1. The van der Waals surface area contributed by atoms with E-state index in [0.29, 0.717) is 14.7 Å². The maximum Gasteiger partial charge on any atom is 0.253 e. The van der Waals surface area contributed by atoms with Crippen molar-refractivity contribution in [2.75, 3.05) is 0 Å². The molecule has 0 radical (unpaired) electrons. The number of carbonyl (C=O) groups excluding carboxylic acids is 2. The zero-order valence-corrected chi connectivity index (χ0v) is 9.72. The van der Waals surface area contributed by atoms with Gasteiger partial charge in [0.1, 0.15) is 6.29 Å². The summed E-state index contributed by atoms with van der Waals surface area (Å²) in [5.41, 5.74) is 1.77. The molecule has 0 unspecified atom stereocenters. The fourth-order valence-corrected chi connectivity index (χ4v) is 2.53. The molecule has 0 N–H and O–H groups in total. The zero-order chi connectivity index (χ0) is 10.0. The van der Waals surface area contributed by atoms with Crippen LogP contribution in [0.2, 0.25) is 0 Å². The minimum Gasteiger partial charge on any atom is -0.298 e. The fourth-order valence-electron chi connectivity index (χ4n) is 1.09. The predicted molar refractivity (Wildman–Crippen MR) is 59.5 cm³/mol.